The highest BCUT2D eigenvalue weighted by atomic mass is 35.5. The normalized spacial score (nSPS) is 15.8. The van der Waals surface area contributed by atoms with E-state index in [1.54, 1.807) is 18.2 Å². The molecule has 1 N–H and O–H groups in total. The van der Waals surface area contributed by atoms with E-state index in [9.17, 15) is 14.9 Å². The largest absolute Gasteiger partial charge is 0.317 e. The molecule has 0 aliphatic carbocycles. The Morgan fingerprint density at radius 2 is 1.89 bits per heavy atom. The number of ketones is 1. The lowest BCUT2D eigenvalue weighted by atomic mass is 9.89. The molecule has 2 rings (SSSR count). The number of hydrogen-bond donors (Lipinski definition) is 1. The van der Waals surface area contributed by atoms with Crippen molar-refractivity contribution in [1.82, 2.24) is 5.32 Å². The molecule has 0 radical (unpaired) electrons. The molecule has 1 saturated heterocycles. The van der Waals surface area contributed by atoms with E-state index >= 15 is 0 Å². The molecular formula is C12H15ClN2O3. The molecule has 1 fully saturated rings. The second-order valence-corrected chi connectivity index (χ2v) is 4.16. The van der Waals surface area contributed by atoms with Crippen molar-refractivity contribution in [2.75, 3.05) is 13.1 Å². The first-order valence-corrected chi connectivity index (χ1v) is 5.68. The molecule has 0 atom stereocenters. The second-order valence-electron chi connectivity index (χ2n) is 4.16. The van der Waals surface area contributed by atoms with Gasteiger partial charge in [0.1, 0.15) is 0 Å². The number of nitrogens with zero attached hydrogens (tertiary/aromatic N) is 1. The average molecular weight is 271 g/mol. The zero-order chi connectivity index (χ0) is 12.3. The summed E-state index contributed by atoms with van der Waals surface area (Å²) in [5, 5.41) is 14.0. The molecule has 1 aromatic rings. The number of Topliss-reactive ketones (excluding diaryl/α,β-unsaturated/α-hetero) is 1. The summed E-state index contributed by atoms with van der Waals surface area (Å²) in [5.41, 5.74) is 0.153. The van der Waals surface area contributed by atoms with E-state index in [1.807, 2.05) is 0 Å². The molecule has 6 heteroatoms. The fourth-order valence-corrected chi connectivity index (χ4v) is 2.15. The van der Waals surface area contributed by atoms with Crippen molar-refractivity contribution in [2.24, 2.45) is 5.92 Å². The van der Waals surface area contributed by atoms with E-state index < -0.39 is 4.92 Å². The number of rotatable bonds is 3. The van der Waals surface area contributed by atoms with Gasteiger partial charge in [-0.25, -0.2) is 0 Å². The van der Waals surface area contributed by atoms with E-state index in [4.69, 9.17) is 0 Å². The number of nitro groups is 1. The van der Waals surface area contributed by atoms with Crippen molar-refractivity contribution in [3.63, 3.8) is 0 Å². The minimum absolute atomic E-state index is 0. The summed E-state index contributed by atoms with van der Waals surface area (Å²) in [4.78, 5) is 22.6. The number of para-hydroxylation sites is 1. The van der Waals surface area contributed by atoms with Gasteiger partial charge in [-0.3, -0.25) is 14.9 Å². The second kappa shape index (κ2) is 6.47. The Morgan fingerprint density at radius 1 is 1.28 bits per heavy atom. The van der Waals surface area contributed by atoms with Gasteiger partial charge in [0.15, 0.2) is 5.78 Å². The van der Waals surface area contributed by atoms with Crippen molar-refractivity contribution in [1.29, 1.82) is 0 Å². The molecule has 98 valence electrons. The van der Waals surface area contributed by atoms with Crippen molar-refractivity contribution in [3.8, 4) is 0 Å². The van der Waals surface area contributed by atoms with Crippen LogP contribution in [-0.2, 0) is 0 Å². The zero-order valence-corrected chi connectivity index (χ0v) is 10.6. The number of carbonyl (C=O) groups is 1. The molecule has 0 aromatic heterocycles. The molecular weight excluding hydrogens is 256 g/mol. The maximum absolute atomic E-state index is 12.2. The number of piperidine rings is 1. The van der Waals surface area contributed by atoms with Crippen LogP contribution in [0.25, 0.3) is 0 Å². The van der Waals surface area contributed by atoms with Crippen LogP contribution in [0.1, 0.15) is 23.2 Å². The van der Waals surface area contributed by atoms with Crippen LogP contribution in [-0.4, -0.2) is 23.8 Å². The van der Waals surface area contributed by atoms with Gasteiger partial charge in [-0.2, -0.15) is 0 Å². The summed E-state index contributed by atoms with van der Waals surface area (Å²) < 4.78 is 0. The molecule has 5 nitrogen and oxygen atoms in total. The molecule has 0 spiro atoms. The van der Waals surface area contributed by atoms with E-state index in [0.29, 0.717) is 0 Å². The molecule has 0 bridgehead atoms. The van der Waals surface area contributed by atoms with E-state index in [2.05, 4.69) is 5.32 Å². The number of hydrogen-bond acceptors (Lipinski definition) is 4. The Hall–Kier alpha value is -1.46. The highest BCUT2D eigenvalue weighted by Crippen LogP contribution is 2.24. The number of nitro benzene ring substituents is 1. The van der Waals surface area contributed by atoms with Gasteiger partial charge in [0.05, 0.1) is 10.5 Å². The molecule has 18 heavy (non-hydrogen) atoms. The number of carbonyl (C=O) groups excluding carboxylic acids is 1. The van der Waals surface area contributed by atoms with Gasteiger partial charge in [0.2, 0.25) is 0 Å². The van der Waals surface area contributed by atoms with Crippen LogP contribution in [0, 0.1) is 16.0 Å². The molecule has 0 amide bonds. The predicted molar refractivity (Wildman–Crippen MR) is 70.3 cm³/mol. The molecule has 1 aliphatic heterocycles. The first kappa shape index (κ1) is 14.6. The topological polar surface area (TPSA) is 72.2 Å². The lowest BCUT2D eigenvalue weighted by molar-refractivity contribution is -0.385. The SMILES string of the molecule is Cl.O=C(c1ccccc1[N+](=O)[O-])C1CCNCC1. The third-order valence-electron chi connectivity index (χ3n) is 3.08. The van der Waals surface area contributed by atoms with Gasteiger partial charge in [-0.05, 0) is 32.0 Å². The van der Waals surface area contributed by atoms with Crippen LogP contribution in [0.3, 0.4) is 0 Å². The van der Waals surface area contributed by atoms with Crippen LogP contribution in [0.4, 0.5) is 5.69 Å². The summed E-state index contributed by atoms with van der Waals surface area (Å²) in [7, 11) is 0. The predicted octanol–water partition coefficient (Wildman–Crippen LogP) is 2.20. The van der Waals surface area contributed by atoms with Crippen LogP contribution in [0.5, 0.6) is 0 Å². The third kappa shape index (κ3) is 3.05. The number of benzene rings is 1. The summed E-state index contributed by atoms with van der Waals surface area (Å²) in [6.45, 7) is 1.61. The van der Waals surface area contributed by atoms with Crippen molar-refractivity contribution in [3.05, 3.63) is 39.9 Å². The summed E-state index contributed by atoms with van der Waals surface area (Å²) >= 11 is 0. The van der Waals surface area contributed by atoms with E-state index in [-0.39, 0.29) is 35.4 Å². The molecule has 0 saturated carbocycles. The van der Waals surface area contributed by atoms with Crippen molar-refractivity contribution >= 4 is 23.9 Å². The Kier molecular flexibility index (Phi) is 5.25. The van der Waals surface area contributed by atoms with Gasteiger partial charge in [-0.15, -0.1) is 12.4 Å². The maximum Gasteiger partial charge on any atom is 0.280 e. The highest BCUT2D eigenvalue weighted by molar-refractivity contribution is 6.01. The standard InChI is InChI=1S/C12H14N2O3.ClH/c15-12(9-5-7-13-8-6-9)10-3-1-2-4-11(10)14(16)17;/h1-4,9,13H,5-8H2;1H. The van der Waals surface area contributed by atoms with Crippen LogP contribution < -0.4 is 5.32 Å². The van der Waals surface area contributed by atoms with Crippen LogP contribution >= 0.6 is 12.4 Å². The van der Waals surface area contributed by atoms with Crippen molar-refractivity contribution in [2.45, 2.75) is 12.8 Å². The van der Waals surface area contributed by atoms with Crippen molar-refractivity contribution < 1.29 is 9.72 Å². The average Bonchev–Trinajstić information content (AvgIpc) is 2.39. The zero-order valence-electron chi connectivity index (χ0n) is 9.80. The first-order valence-electron chi connectivity index (χ1n) is 5.68. The van der Waals surface area contributed by atoms with Gasteiger partial charge in [0.25, 0.3) is 5.69 Å². The first-order chi connectivity index (χ1) is 8.20. The monoisotopic (exact) mass is 270 g/mol. The highest BCUT2D eigenvalue weighted by Gasteiger charge is 2.27. The lowest BCUT2D eigenvalue weighted by Gasteiger charge is -2.21. The summed E-state index contributed by atoms with van der Waals surface area (Å²) in [6, 6.07) is 6.18. The Morgan fingerprint density at radius 3 is 2.50 bits per heavy atom. The Balaban J connectivity index is 0.00000162. The molecule has 0 unspecified atom stereocenters. The number of nitrogens with one attached hydrogen (secondary N) is 1. The fraction of sp³-hybridized carbons (Fsp3) is 0.417. The number of halogens is 1. The third-order valence-corrected chi connectivity index (χ3v) is 3.08. The van der Waals surface area contributed by atoms with E-state index in [0.717, 1.165) is 25.9 Å². The minimum Gasteiger partial charge on any atom is -0.317 e. The molecule has 1 heterocycles. The summed E-state index contributed by atoms with van der Waals surface area (Å²) in [5.74, 6) is -0.184. The molecule has 1 aromatic carbocycles. The quantitative estimate of drug-likeness (QED) is 0.519. The minimum atomic E-state index is -0.492. The fourth-order valence-electron chi connectivity index (χ4n) is 2.15. The maximum atomic E-state index is 12.2. The van der Waals surface area contributed by atoms with Gasteiger partial charge in [0, 0.05) is 12.0 Å². The summed E-state index contributed by atoms with van der Waals surface area (Å²) in [6.07, 6.45) is 1.51. The smallest absolute Gasteiger partial charge is 0.280 e. The lowest BCUT2D eigenvalue weighted by Crippen LogP contribution is -2.32. The van der Waals surface area contributed by atoms with Crippen LogP contribution in [0.2, 0.25) is 0 Å². The van der Waals surface area contributed by atoms with Crippen LogP contribution in [0.15, 0.2) is 24.3 Å². The Labute approximate surface area is 111 Å². The Bertz CT molecular complexity index is 445. The van der Waals surface area contributed by atoms with Gasteiger partial charge < -0.3 is 5.32 Å². The van der Waals surface area contributed by atoms with E-state index in [1.165, 1.54) is 6.07 Å². The molecule has 1 aliphatic rings. The van der Waals surface area contributed by atoms with Gasteiger partial charge in [-0.1, -0.05) is 12.1 Å². The van der Waals surface area contributed by atoms with Gasteiger partial charge >= 0.3 is 0 Å².